The van der Waals surface area contributed by atoms with E-state index in [1.54, 1.807) is 17.0 Å². The Morgan fingerprint density at radius 1 is 0.695 bits per heavy atom. The maximum atomic E-state index is 13.9. The molecule has 298 valence electrons. The fraction of sp³-hybridized carbons (Fsp3) is 0.255. The van der Waals surface area contributed by atoms with Crippen molar-refractivity contribution in [2.24, 2.45) is 9.98 Å². The number of aliphatic imine (C=N–C) groups is 2. The summed E-state index contributed by atoms with van der Waals surface area (Å²) in [6.07, 6.45) is 6.22. The third-order valence-corrected chi connectivity index (χ3v) is 11.1. The smallest absolute Gasteiger partial charge is 0.303 e. The fourth-order valence-corrected chi connectivity index (χ4v) is 8.26. The number of hydrogen-bond acceptors (Lipinski definition) is 9. The van der Waals surface area contributed by atoms with E-state index >= 15 is 0 Å². The number of methoxy groups -OCH3 is 1. The number of nitrogens with zero attached hydrogens (tertiary/aromatic N) is 4. The zero-order valence-electron chi connectivity index (χ0n) is 32.7. The number of carbonyl (C=O) groups is 3. The van der Waals surface area contributed by atoms with E-state index in [2.05, 4.69) is 6.07 Å². The van der Waals surface area contributed by atoms with Gasteiger partial charge in [-0.2, -0.15) is 0 Å². The zero-order chi connectivity index (χ0) is 40.6. The molecule has 0 aromatic heterocycles. The highest BCUT2D eigenvalue weighted by Crippen LogP contribution is 2.42. The van der Waals surface area contributed by atoms with Crippen LogP contribution in [0.4, 0.5) is 22.7 Å². The van der Waals surface area contributed by atoms with Gasteiger partial charge >= 0.3 is 5.97 Å². The van der Waals surface area contributed by atoms with Crippen LogP contribution in [0.2, 0.25) is 0 Å². The summed E-state index contributed by atoms with van der Waals surface area (Å²) in [6, 6.07) is 28.4. The first kappa shape index (κ1) is 37.6. The Morgan fingerprint density at radius 2 is 1.25 bits per heavy atom. The van der Waals surface area contributed by atoms with Crippen molar-refractivity contribution >= 4 is 53.0 Å². The van der Waals surface area contributed by atoms with Gasteiger partial charge in [-0.15, -0.1) is 0 Å². The van der Waals surface area contributed by atoms with E-state index in [0.29, 0.717) is 77.8 Å². The molecule has 12 nitrogen and oxygen atoms in total. The number of amides is 2. The summed E-state index contributed by atoms with van der Waals surface area (Å²) in [5, 5.41) is 9.07. The number of carboxylic acid groups (broad SMARTS) is 1. The second-order valence-electron chi connectivity index (χ2n) is 15.1. The molecule has 0 bridgehead atoms. The maximum Gasteiger partial charge on any atom is 0.303 e. The maximum absolute atomic E-state index is 13.9. The van der Waals surface area contributed by atoms with Crippen LogP contribution in [0, 0.1) is 6.92 Å². The van der Waals surface area contributed by atoms with Gasteiger partial charge in [-0.25, -0.2) is 0 Å². The summed E-state index contributed by atoms with van der Waals surface area (Å²) in [7, 11) is 1.54. The van der Waals surface area contributed by atoms with Crippen molar-refractivity contribution in [2.45, 2.75) is 64.3 Å². The third-order valence-electron chi connectivity index (χ3n) is 11.1. The largest absolute Gasteiger partial charge is 0.494 e. The Balaban J connectivity index is 0.944. The number of carboxylic acids is 1. The second kappa shape index (κ2) is 15.8. The summed E-state index contributed by atoms with van der Waals surface area (Å²) in [6.45, 7) is 2.57. The molecule has 4 heterocycles. The lowest BCUT2D eigenvalue weighted by atomic mass is 10.1. The lowest BCUT2D eigenvalue weighted by Crippen LogP contribution is -2.37. The molecular weight excluding hydrogens is 749 g/mol. The van der Waals surface area contributed by atoms with Crippen LogP contribution in [0.25, 0.3) is 0 Å². The van der Waals surface area contributed by atoms with Gasteiger partial charge in [0, 0.05) is 55.2 Å². The zero-order valence-corrected chi connectivity index (χ0v) is 32.7. The second-order valence-corrected chi connectivity index (χ2v) is 15.1. The van der Waals surface area contributed by atoms with Gasteiger partial charge in [0.2, 0.25) is 0 Å². The Hall–Kier alpha value is -6.95. The average molecular weight is 791 g/mol. The topological polar surface area (TPSA) is 140 Å². The monoisotopic (exact) mass is 790 g/mol. The molecule has 5 aromatic rings. The average Bonchev–Trinajstić information content (AvgIpc) is 3.73. The van der Waals surface area contributed by atoms with Gasteiger partial charge in [-0.05, 0) is 90.0 Å². The number of rotatable bonds is 13. The Bertz CT molecular complexity index is 2570. The van der Waals surface area contributed by atoms with Crippen LogP contribution in [0.1, 0.15) is 67.8 Å². The molecule has 0 radical (unpaired) electrons. The van der Waals surface area contributed by atoms with E-state index in [1.165, 1.54) is 7.11 Å². The van der Waals surface area contributed by atoms with Crippen molar-refractivity contribution in [3.05, 3.63) is 130 Å². The molecule has 0 saturated heterocycles. The minimum Gasteiger partial charge on any atom is -0.494 e. The van der Waals surface area contributed by atoms with Crippen LogP contribution in [-0.4, -0.2) is 61.1 Å². The summed E-state index contributed by atoms with van der Waals surface area (Å²) in [5.41, 5.74) is 8.44. The van der Waals surface area contributed by atoms with Crippen LogP contribution in [0.3, 0.4) is 0 Å². The summed E-state index contributed by atoms with van der Waals surface area (Å²) >= 11 is 0. The Morgan fingerprint density at radius 3 is 1.85 bits per heavy atom. The molecule has 59 heavy (non-hydrogen) atoms. The van der Waals surface area contributed by atoms with Crippen LogP contribution >= 0.6 is 0 Å². The van der Waals surface area contributed by atoms with Crippen molar-refractivity contribution in [3.63, 3.8) is 0 Å². The molecule has 0 saturated carbocycles. The number of anilines is 2. The van der Waals surface area contributed by atoms with Crippen molar-refractivity contribution in [1.82, 2.24) is 0 Å². The summed E-state index contributed by atoms with van der Waals surface area (Å²) < 4.78 is 24.6. The Labute approximate surface area is 341 Å². The van der Waals surface area contributed by atoms with Gasteiger partial charge in [0.05, 0.1) is 48.3 Å². The van der Waals surface area contributed by atoms with Crippen LogP contribution in [-0.2, 0) is 30.8 Å². The predicted octanol–water partition coefficient (Wildman–Crippen LogP) is 8.37. The van der Waals surface area contributed by atoms with E-state index in [0.717, 1.165) is 39.2 Å². The molecule has 9 rings (SSSR count). The highest BCUT2D eigenvalue weighted by atomic mass is 16.5. The SMILES string of the molecule is COc1cc2c(cc1OCc1cc(COc3cc4c(cc3C)C(=O)N3c5ccccc5C[C@H]3C=N4)cc(OCCCCC(=O)O)c1)N=C[C@@H]1Cc3ccccc3N1C2=O. The molecule has 0 spiro atoms. The molecule has 5 aromatic carbocycles. The molecule has 0 aliphatic carbocycles. The molecule has 0 unspecified atom stereocenters. The van der Waals surface area contributed by atoms with Crippen LogP contribution in [0.5, 0.6) is 23.0 Å². The normalized spacial score (nSPS) is 16.9. The number of hydrogen-bond donors (Lipinski definition) is 1. The summed E-state index contributed by atoms with van der Waals surface area (Å²) in [4.78, 5) is 51.9. The van der Waals surface area contributed by atoms with E-state index in [1.807, 2.05) is 97.0 Å². The molecule has 2 amide bonds. The van der Waals surface area contributed by atoms with Crippen LogP contribution in [0.15, 0.2) is 101 Å². The van der Waals surface area contributed by atoms with E-state index in [-0.39, 0.29) is 43.5 Å². The molecule has 4 aliphatic rings. The van der Waals surface area contributed by atoms with Crippen molar-refractivity contribution in [3.8, 4) is 23.0 Å². The molecule has 2 atom stereocenters. The lowest BCUT2D eigenvalue weighted by Gasteiger charge is -2.22. The van der Waals surface area contributed by atoms with Gasteiger partial charge in [0.1, 0.15) is 24.7 Å². The lowest BCUT2D eigenvalue weighted by molar-refractivity contribution is -0.137. The quantitative estimate of drug-likeness (QED) is 0.117. The summed E-state index contributed by atoms with van der Waals surface area (Å²) in [5.74, 6) is 0.932. The number of fused-ring (bicyclic) bond motifs is 8. The number of unbranched alkanes of at least 4 members (excludes halogenated alkanes) is 1. The van der Waals surface area contributed by atoms with Gasteiger partial charge in [-0.3, -0.25) is 34.2 Å². The number of para-hydroxylation sites is 2. The minimum atomic E-state index is -0.841. The number of aliphatic carboxylic acids is 1. The standard InChI is InChI=1S/C47H42N4O8/c1-28-15-36-38(48-24-33-19-31-9-3-5-11-40(31)50(33)46(36)54)22-42(28)58-26-29-16-30(18-35(17-29)57-14-8-7-13-45(52)53)27-59-44-23-39-37(21-43(44)56-2)47(55)51-34(25-49-39)20-32-10-4-6-12-41(32)51/h3-6,9-12,15-18,21-25,33-34H,7-8,13-14,19-20,26-27H2,1-2H3,(H,52,53)/t33-,34-/m0/s1. The van der Waals surface area contributed by atoms with Gasteiger partial charge < -0.3 is 24.1 Å². The number of carbonyl (C=O) groups excluding carboxylic acids is 2. The van der Waals surface area contributed by atoms with Gasteiger partial charge in [-0.1, -0.05) is 36.4 Å². The molecule has 12 heteroatoms. The Kier molecular flexibility index (Phi) is 10.1. The fourth-order valence-electron chi connectivity index (χ4n) is 8.26. The van der Waals surface area contributed by atoms with Crippen molar-refractivity contribution < 1.29 is 38.4 Å². The number of aryl methyl sites for hydroxylation is 1. The number of ether oxygens (including phenoxy) is 4. The van der Waals surface area contributed by atoms with E-state index in [9.17, 15) is 14.4 Å². The highest BCUT2D eigenvalue weighted by Gasteiger charge is 2.38. The molecular formula is C47H42N4O8. The number of benzene rings is 5. The van der Waals surface area contributed by atoms with E-state index < -0.39 is 5.97 Å². The third kappa shape index (κ3) is 7.37. The van der Waals surface area contributed by atoms with Gasteiger partial charge in [0.15, 0.2) is 11.5 Å². The molecule has 1 N–H and O–H groups in total. The first-order chi connectivity index (χ1) is 28.7. The van der Waals surface area contributed by atoms with Crippen molar-refractivity contribution in [2.75, 3.05) is 23.5 Å². The first-order valence-electron chi connectivity index (χ1n) is 19.7. The first-order valence-corrected chi connectivity index (χ1v) is 19.7. The highest BCUT2D eigenvalue weighted by molar-refractivity contribution is 6.15. The van der Waals surface area contributed by atoms with Crippen LogP contribution < -0.4 is 28.7 Å². The van der Waals surface area contributed by atoms with E-state index in [4.69, 9.17) is 34.0 Å². The minimum absolute atomic E-state index is 0.0717. The molecule has 0 fully saturated rings. The van der Waals surface area contributed by atoms with Gasteiger partial charge in [0.25, 0.3) is 11.8 Å². The predicted molar refractivity (Wildman–Crippen MR) is 224 cm³/mol. The van der Waals surface area contributed by atoms with Crippen molar-refractivity contribution in [1.29, 1.82) is 0 Å². The molecule has 4 aliphatic heterocycles.